The second kappa shape index (κ2) is 7.51. The highest BCUT2D eigenvalue weighted by atomic mass is 32.2. The molecule has 0 radical (unpaired) electrons. The van der Waals surface area contributed by atoms with Crippen molar-refractivity contribution >= 4 is 28.0 Å². The first-order chi connectivity index (χ1) is 12.9. The second-order valence-corrected chi connectivity index (χ2v) is 7.53. The zero-order valence-corrected chi connectivity index (χ0v) is 14.7. The molecule has 7 heteroatoms. The molecule has 0 spiro atoms. The molecule has 1 N–H and O–H groups in total. The van der Waals surface area contributed by atoms with Crippen molar-refractivity contribution in [1.82, 2.24) is 4.98 Å². The van der Waals surface area contributed by atoms with Gasteiger partial charge in [-0.2, -0.15) is 0 Å². The van der Waals surface area contributed by atoms with Gasteiger partial charge in [-0.3, -0.25) is 0 Å². The van der Waals surface area contributed by atoms with Gasteiger partial charge in [-0.05, 0) is 47.5 Å². The van der Waals surface area contributed by atoms with Crippen molar-refractivity contribution in [2.24, 2.45) is 0 Å². The predicted molar refractivity (Wildman–Crippen MR) is 98.4 cm³/mol. The lowest BCUT2D eigenvalue weighted by Gasteiger charge is -2.07. The van der Waals surface area contributed by atoms with Crippen LogP contribution in [0.3, 0.4) is 0 Å². The maximum atomic E-state index is 12.9. The average molecular weight is 383 g/mol. The van der Waals surface area contributed by atoms with Crippen molar-refractivity contribution in [2.45, 2.75) is 9.79 Å². The van der Waals surface area contributed by atoms with Gasteiger partial charge in [-0.25, -0.2) is 22.6 Å². The number of aromatic nitrogens is 1. The van der Waals surface area contributed by atoms with E-state index in [2.05, 4.69) is 4.98 Å². The number of carboxylic acid groups (broad SMARTS) is 1. The van der Waals surface area contributed by atoms with Gasteiger partial charge in [0, 0.05) is 6.20 Å². The lowest BCUT2D eigenvalue weighted by atomic mass is 10.1. The number of carbonyl (C=O) groups is 1. The maximum Gasteiger partial charge on any atom is 0.355 e. The highest BCUT2D eigenvalue weighted by Crippen LogP contribution is 2.23. The summed E-state index contributed by atoms with van der Waals surface area (Å²) in [6.07, 6.45) is 4.76. The summed E-state index contributed by atoms with van der Waals surface area (Å²) in [5.41, 5.74) is 1.02. The molecule has 0 fully saturated rings. The highest BCUT2D eigenvalue weighted by Gasteiger charge is 2.25. The summed E-state index contributed by atoms with van der Waals surface area (Å²) < 4.78 is 38.4. The van der Waals surface area contributed by atoms with Crippen LogP contribution in [0.1, 0.15) is 21.6 Å². The number of nitrogens with zero attached hydrogens (tertiary/aromatic N) is 1. The lowest BCUT2D eigenvalue weighted by Crippen LogP contribution is -2.11. The van der Waals surface area contributed by atoms with Gasteiger partial charge in [0.15, 0.2) is 5.69 Å². The van der Waals surface area contributed by atoms with E-state index < -0.39 is 21.5 Å². The van der Waals surface area contributed by atoms with Crippen molar-refractivity contribution < 1.29 is 22.7 Å². The van der Waals surface area contributed by atoms with Crippen molar-refractivity contribution in [3.05, 3.63) is 89.5 Å². The Morgan fingerprint density at radius 2 is 1.48 bits per heavy atom. The Morgan fingerprint density at radius 1 is 0.926 bits per heavy atom. The van der Waals surface area contributed by atoms with Gasteiger partial charge in [0.1, 0.15) is 10.7 Å². The molecule has 2 aromatic carbocycles. The molecule has 27 heavy (non-hydrogen) atoms. The quantitative estimate of drug-likeness (QED) is 0.675. The summed E-state index contributed by atoms with van der Waals surface area (Å²) in [6, 6.07) is 14.5. The third kappa shape index (κ3) is 4.09. The highest BCUT2D eigenvalue weighted by molar-refractivity contribution is 7.91. The normalized spacial score (nSPS) is 11.6. The molecule has 0 saturated carbocycles. The number of hydrogen-bond donors (Lipinski definition) is 1. The molecule has 0 aliphatic heterocycles. The minimum Gasteiger partial charge on any atom is -0.476 e. The summed E-state index contributed by atoms with van der Waals surface area (Å²) in [6.45, 7) is 0. The fourth-order valence-electron chi connectivity index (χ4n) is 2.42. The summed E-state index contributed by atoms with van der Waals surface area (Å²) >= 11 is 0. The van der Waals surface area contributed by atoms with Crippen LogP contribution < -0.4 is 0 Å². The molecule has 0 saturated heterocycles. The van der Waals surface area contributed by atoms with Crippen LogP contribution >= 0.6 is 0 Å². The van der Waals surface area contributed by atoms with Crippen molar-refractivity contribution in [1.29, 1.82) is 0 Å². The number of hydrogen-bond acceptors (Lipinski definition) is 4. The first-order valence-corrected chi connectivity index (χ1v) is 9.33. The fraction of sp³-hybridized carbons (Fsp3) is 0. The molecule has 0 aliphatic carbocycles. The molecule has 3 rings (SSSR count). The maximum absolute atomic E-state index is 12.9. The van der Waals surface area contributed by atoms with Crippen LogP contribution in [0, 0.1) is 5.82 Å². The monoisotopic (exact) mass is 383 g/mol. The number of sulfone groups is 1. The first kappa shape index (κ1) is 18.5. The van der Waals surface area contributed by atoms with Gasteiger partial charge < -0.3 is 5.11 Å². The molecule has 136 valence electrons. The van der Waals surface area contributed by atoms with Crippen molar-refractivity contribution in [3.8, 4) is 0 Å². The van der Waals surface area contributed by atoms with Gasteiger partial charge in [-0.15, -0.1) is 0 Å². The minimum absolute atomic E-state index is 0.0306. The fourth-order valence-corrected chi connectivity index (χ4v) is 3.82. The lowest BCUT2D eigenvalue weighted by molar-refractivity contribution is 0.0686. The Balaban J connectivity index is 1.89. The third-order valence-electron chi connectivity index (χ3n) is 3.79. The molecule has 1 heterocycles. The summed E-state index contributed by atoms with van der Waals surface area (Å²) in [5.74, 6) is -1.73. The Bertz CT molecular complexity index is 1110. The minimum atomic E-state index is -4.01. The zero-order chi connectivity index (χ0) is 19.4. The molecule has 3 aromatic rings. The van der Waals surface area contributed by atoms with Crippen molar-refractivity contribution in [3.63, 3.8) is 0 Å². The van der Waals surface area contributed by atoms with Gasteiger partial charge in [0.25, 0.3) is 0 Å². The molecule has 0 amide bonds. The van der Waals surface area contributed by atoms with E-state index in [1.54, 1.807) is 36.4 Å². The molecular weight excluding hydrogens is 369 g/mol. The van der Waals surface area contributed by atoms with E-state index in [-0.39, 0.29) is 15.6 Å². The number of carboxylic acids is 1. The van der Waals surface area contributed by atoms with Crippen LogP contribution in [-0.4, -0.2) is 24.5 Å². The summed E-state index contributed by atoms with van der Waals surface area (Å²) in [7, 11) is -4.01. The molecule has 0 bridgehead atoms. The topological polar surface area (TPSA) is 84.3 Å². The summed E-state index contributed by atoms with van der Waals surface area (Å²) in [4.78, 5) is 14.5. The van der Waals surface area contributed by atoms with E-state index in [1.165, 1.54) is 42.6 Å². The van der Waals surface area contributed by atoms with Gasteiger partial charge in [0.2, 0.25) is 9.84 Å². The number of benzene rings is 2. The van der Waals surface area contributed by atoms with E-state index >= 15 is 0 Å². The largest absolute Gasteiger partial charge is 0.476 e. The molecule has 0 atom stereocenters. The van der Waals surface area contributed by atoms with Crippen LogP contribution in [0.4, 0.5) is 4.39 Å². The zero-order valence-electron chi connectivity index (χ0n) is 13.9. The molecule has 5 nitrogen and oxygen atoms in total. The molecular formula is C20H14FNO4S. The smallest absolute Gasteiger partial charge is 0.355 e. The first-order valence-electron chi connectivity index (χ1n) is 7.85. The predicted octanol–water partition coefficient (Wildman–Crippen LogP) is 3.92. The Kier molecular flexibility index (Phi) is 5.14. The van der Waals surface area contributed by atoms with E-state index in [9.17, 15) is 17.6 Å². The van der Waals surface area contributed by atoms with Crippen LogP contribution in [-0.2, 0) is 9.84 Å². The van der Waals surface area contributed by atoms with E-state index in [0.29, 0.717) is 0 Å². The van der Waals surface area contributed by atoms with Crippen LogP contribution in [0.25, 0.3) is 12.2 Å². The van der Waals surface area contributed by atoms with Gasteiger partial charge in [0.05, 0.1) is 4.90 Å². The van der Waals surface area contributed by atoms with E-state index in [4.69, 9.17) is 5.11 Å². The van der Waals surface area contributed by atoms with E-state index in [0.717, 1.165) is 11.1 Å². The molecule has 1 aromatic heterocycles. The van der Waals surface area contributed by atoms with Crippen LogP contribution in [0.5, 0.6) is 0 Å². The second-order valence-electron chi connectivity index (χ2n) is 5.61. The number of rotatable bonds is 5. The number of aromatic carboxylic acids is 1. The van der Waals surface area contributed by atoms with Gasteiger partial charge >= 0.3 is 5.97 Å². The van der Waals surface area contributed by atoms with Crippen LogP contribution in [0.15, 0.2) is 76.7 Å². The van der Waals surface area contributed by atoms with Gasteiger partial charge in [-0.1, -0.05) is 36.4 Å². The standard InChI is InChI=1S/C20H14FNO4S/c21-16-9-5-14(6-10-16)3-4-15-7-11-17(12-8-15)27(25,26)18-2-1-13-22-19(18)20(23)24/h1-13H,(H,23,24)/b4-3+. The average Bonchev–Trinajstić information content (AvgIpc) is 2.68. The molecule has 0 aliphatic rings. The number of halogens is 1. The molecule has 0 unspecified atom stereocenters. The third-order valence-corrected chi connectivity index (χ3v) is 5.59. The number of pyridine rings is 1. The van der Waals surface area contributed by atoms with Crippen molar-refractivity contribution in [2.75, 3.05) is 0 Å². The van der Waals surface area contributed by atoms with E-state index in [1.807, 2.05) is 0 Å². The Labute approximate surface area is 155 Å². The van der Waals surface area contributed by atoms with Crippen LogP contribution in [0.2, 0.25) is 0 Å². The summed E-state index contributed by atoms with van der Waals surface area (Å²) in [5, 5.41) is 9.16. The Morgan fingerprint density at radius 3 is 2.04 bits per heavy atom. The SMILES string of the molecule is O=C(O)c1ncccc1S(=O)(=O)c1ccc(/C=C/c2ccc(F)cc2)cc1. The Hall–Kier alpha value is -3.32.